The third kappa shape index (κ3) is 6.46. The zero-order valence-corrected chi connectivity index (χ0v) is 23.4. The van der Waals surface area contributed by atoms with Crippen LogP contribution < -0.4 is 14.4 Å². The number of halogens is 1. The van der Waals surface area contributed by atoms with Crippen LogP contribution in [0.3, 0.4) is 0 Å². The molecule has 0 aromatic heterocycles. The fraction of sp³-hybridized carbons (Fsp3) is 0.286. The molecule has 10 heteroatoms. The molecule has 1 unspecified atom stereocenters. The normalized spacial score (nSPS) is 11.9. The maximum absolute atomic E-state index is 14.0. The lowest BCUT2D eigenvalue weighted by Crippen LogP contribution is -2.51. The van der Waals surface area contributed by atoms with E-state index in [0.29, 0.717) is 17.0 Å². The standard InChI is InChI=1S/C28H32ClN3O5S/c1-5-24(28(34)30-3)31(18-21-10-6-7-11-23(21)29)27(33)19-32(25-12-8-9-13-26(25)37-4)38(35,36)22-16-14-20(2)15-17-22/h6-17,24H,5,18-19H2,1-4H3,(H,30,34). The predicted octanol–water partition coefficient (Wildman–Crippen LogP) is 4.41. The first-order chi connectivity index (χ1) is 18.1. The molecule has 3 rings (SSSR count). The van der Waals surface area contributed by atoms with Gasteiger partial charge >= 0.3 is 0 Å². The third-order valence-corrected chi connectivity index (χ3v) is 8.32. The van der Waals surface area contributed by atoms with Crippen LogP contribution in [0.2, 0.25) is 5.02 Å². The molecule has 202 valence electrons. The SMILES string of the molecule is CCC(C(=O)NC)N(Cc1ccccc1Cl)C(=O)CN(c1ccccc1OC)S(=O)(=O)c1ccc(C)cc1. The Hall–Kier alpha value is -3.56. The summed E-state index contributed by atoms with van der Waals surface area (Å²) in [6, 6.07) is 19.1. The van der Waals surface area contributed by atoms with Gasteiger partial charge in [0.1, 0.15) is 18.3 Å². The third-order valence-electron chi connectivity index (χ3n) is 6.17. The zero-order chi connectivity index (χ0) is 27.9. The molecule has 0 bridgehead atoms. The number of carbonyl (C=O) groups excluding carboxylic acids is 2. The van der Waals surface area contributed by atoms with Gasteiger partial charge < -0.3 is 15.0 Å². The van der Waals surface area contributed by atoms with E-state index in [2.05, 4.69) is 5.32 Å². The number of nitrogens with one attached hydrogen (secondary N) is 1. The summed E-state index contributed by atoms with van der Waals surface area (Å²) >= 11 is 6.38. The van der Waals surface area contributed by atoms with Crippen LogP contribution in [-0.4, -0.2) is 51.9 Å². The van der Waals surface area contributed by atoms with Gasteiger partial charge in [-0.25, -0.2) is 8.42 Å². The first kappa shape index (κ1) is 29.0. The second-order valence-corrected chi connectivity index (χ2v) is 10.9. The molecule has 0 saturated carbocycles. The van der Waals surface area contributed by atoms with Crippen molar-refractivity contribution in [3.05, 3.63) is 88.9 Å². The lowest BCUT2D eigenvalue weighted by molar-refractivity contribution is -0.140. The van der Waals surface area contributed by atoms with Crippen LogP contribution in [-0.2, 0) is 26.2 Å². The summed E-state index contributed by atoms with van der Waals surface area (Å²) in [6.45, 7) is 3.10. The Labute approximate surface area is 229 Å². The van der Waals surface area contributed by atoms with Gasteiger partial charge in [-0.1, -0.05) is 66.6 Å². The van der Waals surface area contributed by atoms with E-state index in [1.54, 1.807) is 67.6 Å². The van der Waals surface area contributed by atoms with Crippen molar-refractivity contribution < 1.29 is 22.7 Å². The fourth-order valence-corrected chi connectivity index (χ4v) is 5.70. The van der Waals surface area contributed by atoms with Crippen LogP contribution in [0.1, 0.15) is 24.5 Å². The number of para-hydroxylation sites is 2. The molecule has 3 aromatic carbocycles. The maximum Gasteiger partial charge on any atom is 0.264 e. The highest BCUT2D eigenvalue weighted by Gasteiger charge is 2.34. The molecule has 0 aliphatic carbocycles. The van der Waals surface area contributed by atoms with Gasteiger partial charge in [-0.3, -0.25) is 13.9 Å². The molecule has 1 N–H and O–H groups in total. The van der Waals surface area contributed by atoms with Crippen LogP contribution in [0.15, 0.2) is 77.7 Å². The molecule has 2 amide bonds. The van der Waals surface area contributed by atoms with E-state index in [9.17, 15) is 18.0 Å². The quantitative estimate of drug-likeness (QED) is 0.377. The van der Waals surface area contributed by atoms with Crippen molar-refractivity contribution in [2.75, 3.05) is 25.0 Å². The Morgan fingerprint density at radius 2 is 1.63 bits per heavy atom. The molecule has 8 nitrogen and oxygen atoms in total. The molecule has 3 aromatic rings. The Kier molecular flexibility index (Phi) is 9.77. The Bertz CT molecular complexity index is 1380. The van der Waals surface area contributed by atoms with Crippen LogP contribution in [0.4, 0.5) is 5.69 Å². The van der Waals surface area contributed by atoms with Gasteiger partial charge in [-0.15, -0.1) is 0 Å². The van der Waals surface area contributed by atoms with E-state index in [4.69, 9.17) is 16.3 Å². The highest BCUT2D eigenvalue weighted by molar-refractivity contribution is 7.92. The number of benzene rings is 3. The Balaban J connectivity index is 2.11. The zero-order valence-electron chi connectivity index (χ0n) is 21.8. The number of rotatable bonds is 11. The average molecular weight is 558 g/mol. The van der Waals surface area contributed by atoms with Crippen molar-refractivity contribution in [2.45, 2.75) is 37.8 Å². The molecule has 0 radical (unpaired) electrons. The molecule has 1 atom stereocenters. The predicted molar refractivity (Wildman–Crippen MR) is 149 cm³/mol. The Morgan fingerprint density at radius 3 is 2.24 bits per heavy atom. The van der Waals surface area contributed by atoms with Crippen molar-refractivity contribution in [1.82, 2.24) is 10.2 Å². The summed E-state index contributed by atoms with van der Waals surface area (Å²) < 4.78 is 34.3. The van der Waals surface area contributed by atoms with E-state index >= 15 is 0 Å². The fourth-order valence-electron chi connectivity index (χ4n) is 4.08. The minimum absolute atomic E-state index is 0.0226. The average Bonchev–Trinajstić information content (AvgIpc) is 2.92. The first-order valence-electron chi connectivity index (χ1n) is 12.1. The Morgan fingerprint density at radius 1 is 1.00 bits per heavy atom. The molecule has 0 aliphatic heterocycles. The van der Waals surface area contributed by atoms with E-state index < -0.39 is 28.5 Å². The topological polar surface area (TPSA) is 96.0 Å². The number of likely N-dealkylation sites (N-methyl/N-ethyl adjacent to an activating group) is 1. The largest absolute Gasteiger partial charge is 0.495 e. The van der Waals surface area contributed by atoms with Crippen molar-refractivity contribution in [1.29, 1.82) is 0 Å². The van der Waals surface area contributed by atoms with Crippen molar-refractivity contribution in [3.63, 3.8) is 0 Å². The number of methoxy groups -OCH3 is 1. The van der Waals surface area contributed by atoms with E-state index in [0.717, 1.165) is 9.87 Å². The number of anilines is 1. The monoisotopic (exact) mass is 557 g/mol. The number of hydrogen-bond acceptors (Lipinski definition) is 5. The van der Waals surface area contributed by atoms with Crippen molar-refractivity contribution >= 4 is 39.1 Å². The molecule has 0 heterocycles. The molecule has 0 saturated heterocycles. The summed E-state index contributed by atoms with van der Waals surface area (Å²) in [5, 5.41) is 3.03. The first-order valence-corrected chi connectivity index (χ1v) is 13.9. The van der Waals surface area contributed by atoms with Crippen molar-refractivity contribution in [3.8, 4) is 5.75 Å². The number of nitrogens with zero attached hydrogens (tertiary/aromatic N) is 2. The summed E-state index contributed by atoms with van der Waals surface area (Å²) in [7, 11) is -1.27. The molecule has 38 heavy (non-hydrogen) atoms. The van der Waals surface area contributed by atoms with Crippen LogP contribution in [0.5, 0.6) is 5.75 Å². The number of aryl methyl sites for hydroxylation is 1. The minimum Gasteiger partial charge on any atom is -0.495 e. The summed E-state index contributed by atoms with van der Waals surface area (Å²) in [6.07, 6.45) is 0.315. The lowest BCUT2D eigenvalue weighted by atomic mass is 10.1. The van der Waals surface area contributed by atoms with Gasteiger partial charge in [0.15, 0.2) is 0 Å². The second-order valence-electron chi connectivity index (χ2n) is 8.65. The maximum atomic E-state index is 14.0. The number of hydrogen-bond donors (Lipinski definition) is 1. The number of ether oxygens (including phenoxy) is 1. The molecule has 0 fully saturated rings. The van der Waals surface area contributed by atoms with Crippen LogP contribution in [0.25, 0.3) is 0 Å². The summed E-state index contributed by atoms with van der Waals surface area (Å²) in [5.41, 5.74) is 1.73. The summed E-state index contributed by atoms with van der Waals surface area (Å²) in [5.74, 6) is -0.646. The number of amides is 2. The molecule has 0 spiro atoms. The molecular formula is C28H32ClN3O5S. The smallest absolute Gasteiger partial charge is 0.264 e. The van der Waals surface area contributed by atoms with Gasteiger partial charge in [0, 0.05) is 18.6 Å². The van der Waals surface area contributed by atoms with E-state index in [1.165, 1.54) is 31.2 Å². The van der Waals surface area contributed by atoms with Gasteiger partial charge in [0.2, 0.25) is 11.8 Å². The van der Waals surface area contributed by atoms with Gasteiger partial charge in [0.05, 0.1) is 17.7 Å². The van der Waals surface area contributed by atoms with Crippen LogP contribution in [0, 0.1) is 6.92 Å². The van der Waals surface area contributed by atoms with E-state index in [1.807, 2.05) is 6.92 Å². The second kappa shape index (κ2) is 12.8. The van der Waals surface area contributed by atoms with Gasteiger partial charge in [-0.2, -0.15) is 0 Å². The molecule has 0 aliphatic rings. The highest BCUT2D eigenvalue weighted by atomic mass is 35.5. The number of sulfonamides is 1. The summed E-state index contributed by atoms with van der Waals surface area (Å²) in [4.78, 5) is 28.1. The van der Waals surface area contributed by atoms with Crippen molar-refractivity contribution in [2.24, 2.45) is 0 Å². The minimum atomic E-state index is -4.19. The van der Waals surface area contributed by atoms with Gasteiger partial charge in [0.25, 0.3) is 10.0 Å². The van der Waals surface area contributed by atoms with Gasteiger partial charge in [-0.05, 0) is 49.2 Å². The number of carbonyl (C=O) groups is 2. The van der Waals surface area contributed by atoms with Crippen LogP contribution >= 0.6 is 11.6 Å². The lowest BCUT2D eigenvalue weighted by Gasteiger charge is -2.33. The molecular weight excluding hydrogens is 526 g/mol. The highest BCUT2D eigenvalue weighted by Crippen LogP contribution is 2.33. The van der Waals surface area contributed by atoms with E-state index in [-0.39, 0.29) is 28.8 Å².